The zero-order valence-corrected chi connectivity index (χ0v) is 9.43. The van der Waals surface area contributed by atoms with Crippen LogP contribution in [0.2, 0.25) is 0 Å². The van der Waals surface area contributed by atoms with Crippen molar-refractivity contribution in [1.82, 2.24) is 0 Å². The molecule has 0 aliphatic heterocycles. The lowest BCUT2D eigenvalue weighted by Gasteiger charge is -2.13. The summed E-state index contributed by atoms with van der Waals surface area (Å²) in [5, 5.41) is 9.48. The van der Waals surface area contributed by atoms with Crippen LogP contribution in [-0.2, 0) is 0 Å². The number of phenols is 1. The van der Waals surface area contributed by atoms with Gasteiger partial charge in [-0.15, -0.1) is 0 Å². The molecule has 0 amide bonds. The van der Waals surface area contributed by atoms with E-state index in [-0.39, 0.29) is 5.75 Å². The molecular formula is C10H14BrNO. The van der Waals surface area contributed by atoms with Gasteiger partial charge in [-0.05, 0) is 58.6 Å². The lowest BCUT2D eigenvalue weighted by Crippen LogP contribution is -2.10. The van der Waals surface area contributed by atoms with E-state index in [1.54, 1.807) is 6.07 Å². The van der Waals surface area contributed by atoms with E-state index in [1.165, 1.54) is 0 Å². The summed E-state index contributed by atoms with van der Waals surface area (Å²) in [6, 6.07) is 3.69. The van der Waals surface area contributed by atoms with Crippen LogP contribution in [-0.4, -0.2) is 11.7 Å². The minimum absolute atomic E-state index is 0.279. The molecule has 0 aromatic heterocycles. The molecule has 0 aliphatic rings. The first-order valence-corrected chi connectivity index (χ1v) is 5.04. The highest BCUT2D eigenvalue weighted by atomic mass is 79.9. The van der Waals surface area contributed by atoms with Crippen LogP contribution in [0, 0.1) is 6.92 Å². The van der Waals surface area contributed by atoms with Crippen LogP contribution in [0.5, 0.6) is 5.75 Å². The molecule has 0 heterocycles. The molecule has 0 spiro atoms. The van der Waals surface area contributed by atoms with E-state index in [2.05, 4.69) is 22.9 Å². The molecular weight excluding hydrogens is 230 g/mol. The Labute approximate surface area is 86.9 Å². The fourth-order valence-corrected chi connectivity index (χ4v) is 1.79. The highest BCUT2D eigenvalue weighted by molar-refractivity contribution is 9.10. The van der Waals surface area contributed by atoms with Crippen molar-refractivity contribution in [3.8, 4) is 5.75 Å². The summed E-state index contributed by atoms with van der Waals surface area (Å²) >= 11 is 3.27. The van der Waals surface area contributed by atoms with Gasteiger partial charge in [-0.1, -0.05) is 6.92 Å². The zero-order chi connectivity index (χ0) is 10.0. The minimum Gasteiger partial charge on any atom is -0.507 e. The summed E-state index contributed by atoms with van der Waals surface area (Å²) in [5.41, 5.74) is 7.84. The highest BCUT2D eigenvalue weighted by Gasteiger charge is 2.09. The van der Waals surface area contributed by atoms with Gasteiger partial charge in [0.15, 0.2) is 0 Å². The SMILES string of the molecule is Cc1cc(Br)c(O)cc1C(C)CN. The van der Waals surface area contributed by atoms with E-state index in [9.17, 15) is 5.11 Å². The largest absolute Gasteiger partial charge is 0.507 e. The first-order chi connectivity index (χ1) is 6.06. The van der Waals surface area contributed by atoms with Crippen molar-refractivity contribution in [3.63, 3.8) is 0 Å². The van der Waals surface area contributed by atoms with E-state index in [1.807, 2.05) is 13.0 Å². The zero-order valence-electron chi connectivity index (χ0n) is 7.84. The molecule has 1 atom stereocenters. The number of halogens is 1. The van der Waals surface area contributed by atoms with Crippen LogP contribution in [0.25, 0.3) is 0 Å². The standard InChI is InChI=1S/C10H14BrNO/c1-6-3-9(11)10(13)4-8(6)7(2)5-12/h3-4,7,13H,5,12H2,1-2H3. The van der Waals surface area contributed by atoms with Gasteiger partial charge < -0.3 is 10.8 Å². The fraction of sp³-hybridized carbons (Fsp3) is 0.400. The first-order valence-electron chi connectivity index (χ1n) is 4.25. The average Bonchev–Trinajstić information content (AvgIpc) is 2.10. The second kappa shape index (κ2) is 4.11. The molecule has 1 unspecified atom stereocenters. The van der Waals surface area contributed by atoms with Crippen molar-refractivity contribution < 1.29 is 5.11 Å². The van der Waals surface area contributed by atoms with Crippen molar-refractivity contribution in [2.45, 2.75) is 19.8 Å². The maximum absolute atomic E-state index is 9.48. The Morgan fingerprint density at radius 3 is 2.69 bits per heavy atom. The maximum atomic E-state index is 9.48. The van der Waals surface area contributed by atoms with Crippen molar-refractivity contribution in [2.24, 2.45) is 5.73 Å². The number of rotatable bonds is 2. The number of benzene rings is 1. The lowest BCUT2D eigenvalue weighted by molar-refractivity contribution is 0.470. The van der Waals surface area contributed by atoms with Gasteiger partial charge in [0.25, 0.3) is 0 Å². The third kappa shape index (κ3) is 2.23. The molecule has 1 rings (SSSR count). The van der Waals surface area contributed by atoms with Gasteiger partial charge in [-0.25, -0.2) is 0 Å². The van der Waals surface area contributed by atoms with E-state index in [0.717, 1.165) is 15.6 Å². The molecule has 0 radical (unpaired) electrons. The number of aromatic hydroxyl groups is 1. The third-order valence-corrected chi connectivity index (χ3v) is 2.86. The molecule has 1 aromatic rings. The number of hydrogen-bond donors (Lipinski definition) is 2. The monoisotopic (exact) mass is 243 g/mol. The highest BCUT2D eigenvalue weighted by Crippen LogP contribution is 2.30. The van der Waals surface area contributed by atoms with E-state index in [4.69, 9.17) is 5.73 Å². The predicted molar refractivity (Wildman–Crippen MR) is 58.0 cm³/mol. The van der Waals surface area contributed by atoms with Gasteiger partial charge in [-0.3, -0.25) is 0 Å². The molecule has 0 fully saturated rings. The molecule has 0 saturated carbocycles. The normalized spacial score (nSPS) is 12.9. The summed E-state index contributed by atoms with van der Waals surface area (Å²) in [7, 11) is 0. The lowest BCUT2D eigenvalue weighted by atomic mass is 9.96. The Kier molecular flexibility index (Phi) is 3.33. The Morgan fingerprint density at radius 1 is 1.54 bits per heavy atom. The van der Waals surface area contributed by atoms with Gasteiger partial charge in [-0.2, -0.15) is 0 Å². The van der Waals surface area contributed by atoms with Crippen LogP contribution in [0.1, 0.15) is 24.0 Å². The fourth-order valence-electron chi connectivity index (χ4n) is 1.34. The van der Waals surface area contributed by atoms with Gasteiger partial charge in [0, 0.05) is 0 Å². The van der Waals surface area contributed by atoms with Crippen LogP contribution in [0.3, 0.4) is 0 Å². The number of phenolic OH excluding ortho intramolecular Hbond substituents is 1. The van der Waals surface area contributed by atoms with Crippen molar-refractivity contribution in [1.29, 1.82) is 0 Å². The van der Waals surface area contributed by atoms with E-state index < -0.39 is 0 Å². The minimum atomic E-state index is 0.279. The van der Waals surface area contributed by atoms with Gasteiger partial charge in [0.1, 0.15) is 5.75 Å². The summed E-state index contributed by atoms with van der Waals surface area (Å²) in [6.07, 6.45) is 0. The Hall–Kier alpha value is -0.540. The summed E-state index contributed by atoms with van der Waals surface area (Å²) < 4.78 is 0.734. The van der Waals surface area contributed by atoms with Crippen LogP contribution in [0.4, 0.5) is 0 Å². The number of nitrogens with two attached hydrogens (primary N) is 1. The van der Waals surface area contributed by atoms with Crippen LogP contribution in [0.15, 0.2) is 16.6 Å². The van der Waals surface area contributed by atoms with Gasteiger partial charge >= 0.3 is 0 Å². The Morgan fingerprint density at radius 2 is 2.15 bits per heavy atom. The summed E-state index contributed by atoms with van der Waals surface area (Å²) in [6.45, 7) is 4.67. The van der Waals surface area contributed by atoms with Crippen molar-refractivity contribution in [2.75, 3.05) is 6.54 Å². The van der Waals surface area contributed by atoms with E-state index >= 15 is 0 Å². The first kappa shape index (κ1) is 10.5. The predicted octanol–water partition coefficient (Wildman–Crippen LogP) is 2.53. The summed E-state index contributed by atoms with van der Waals surface area (Å²) in [5.74, 6) is 0.569. The molecule has 1 aromatic carbocycles. The average molecular weight is 244 g/mol. The number of hydrogen-bond acceptors (Lipinski definition) is 2. The molecule has 3 heteroatoms. The maximum Gasteiger partial charge on any atom is 0.130 e. The topological polar surface area (TPSA) is 46.2 Å². The second-order valence-electron chi connectivity index (χ2n) is 3.30. The second-order valence-corrected chi connectivity index (χ2v) is 4.15. The Balaban J connectivity index is 3.15. The quantitative estimate of drug-likeness (QED) is 0.839. The van der Waals surface area contributed by atoms with Crippen molar-refractivity contribution >= 4 is 15.9 Å². The van der Waals surface area contributed by atoms with E-state index in [0.29, 0.717) is 12.5 Å². The van der Waals surface area contributed by atoms with Crippen molar-refractivity contribution in [3.05, 3.63) is 27.7 Å². The smallest absolute Gasteiger partial charge is 0.130 e. The molecule has 72 valence electrons. The van der Waals surface area contributed by atoms with Gasteiger partial charge in [0.2, 0.25) is 0 Å². The molecule has 0 aliphatic carbocycles. The molecule has 0 bridgehead atoms. The van der Waals surface area contributed by atoms with Crippen LogP contribution >= 0.6 is 15.9 Å². The molecule has 2 nitrogen and oxygen atoms in total. The third-order valence-electron chi connectivity index (χ3n) is 2.22. The molecule has 13 heavy (non-hydrogen) atoms. The molecule has 0 saturated heterocycles. The number of aryl methyl sites for hydroxylation is 1. The summed E-state index contributed by atoms with van der Waals surface area (Å²) in [4.78, 5) is 0. The van der Waals surface area contributed by atoms with Crippen LogP contribution < -0.4 is 5.73 Å². The van der Waals surface area contributed by atoms with Gasteiger partial charge in [0.05, 0.1) is 4.47 Å². The molecule has 3 N–H and O–H groups in total. The Bertz CT molecular complexity index is 312.